The molecule has 0 radical (unpaired) electrons. The van der Waals surface area contributed by atoms with Crippen LogP contribution in [0.4, 0.5) is 13.2 Å². The van der Waals surface area contributed by atoms with E-state index in [1.165, 1.54) is 26.0 Å². The van der Waals surface area contributed by atoms with Gasteiger partial charge in [0.2, 0.25) is 0 Å². The van der Waals surface area contributed by atoms with Gasteiger partial charge in [-0.25, -0.2) is 0 Å². The van der Waals surface area contributed by atoms with E-state index in [0.717, 1.165) is 12.1 Å². The minimum atomic E-state index is -4.50. The van der Waals surface area contributed by atoms with Gasteiger partial charge in [0.05, 0.1) is 23.5 Å². The van der Waals surface area contributed by atoms with Crippen molar-refractivity contribution in [2.45, 2.75) is 65.2 Å². The summed E-state index contributed by atoms with van der Waals surface area (Å²) in [5.41, 5.74) is -2.40. The Hall–Kier alpha value is -2.09. The molecule has 5 nitrogen and oxygen atoms in total. The molecule has 0 aliphatic carbocycles. The van der Waals surface area contributed by atoms with Crippen LogP contribution < -0.4 is 0 Å². The van der Waals surface area contributed by atoms with Gasteiger partial charge in [-0.15, -0.1) is 0 Å². The van der Waals surface area contributed by atoms with Crippen LogP contribution in [0, 0.1) is 11.3 Å². The van der Waals surface area contributed by atoms with E-state index in [2.05, 4.69) is 0 Å². The van der Waals surface area contributed by atoms with Gasteiger partial charge in [0.15, 0.2) is 0 Å². The van der Waals surface area contributed by atoms with E-state index in [1.807, 2.05) is 0 Å². The first-order valence-corrected chi connectivity index (χ1v) is 9.33. The fourth-order valence-corrected chi connectivity index (χ4v) is 2.87. The Labute approximate surface area is 168 Å². The Balaban J connectivity index is 3.22. The van der Waals surface area contributed by atoms with Crippen LogP contribution >= 0.6 is 0 Å². The summed E-state index contributed by atoms with van der Waals surface area (Å²) in [5, 5.41) is 19.2. The minimum Gasteiger partial charge on any atom is -0.481 e. The number of aliphatic hydroxyl groups excluding tert-OH is 1. The topological polar surface area (TPSA) is 83.8 Å². The summed E-state index contributed by atoms with van der Waals surface area (Å²) in [5.74, 6) is -3.39. The molecular weight excluding hydrogens is 389 g/mol. The molecule has 164 valence electrons. The highest BCUT2D eigenvalue weighted by Gasteiger charge is 2.37. The predicted octanol–water partition coefficient (Wildman–Crippen LogP) is 4.63. The average molecular weight is 418 g/mol. The second-order valence-corrected chi connectivity index (χ2v) is 8.78. The zero-order valence-corrected chi connectivity index (χ0v) is 17.3. The quantitative estimate of drug-likeness (QED) is 0.602. The SMILES string of the molecule is CC(C)(C)OC(=O)[C@@H](CCC(C)(C)C(=O)O)[C@H](CO)c1ccc(C(F)(F)F)cc1. The summed E-state index contributed by atoms with van der Waals surface area (Å²) in [6.07, 6.45) is -4.27. The number of carbonyl (C=O) groups is 2. The first-order valence-electron chi connectivity index (χ1n) is 9.33. The van der Waals surface area contributed by atoms with Crippen LogP contribution in [-0.2, 0) is 20.5 Å². The fourth-order valence-electron chi connectivity index (χ4n) is 2.87. The van der Waals surface area contributed by atoms with Crippen LogP contribution in [0.5, 0.6) is 0 Å². The highest BCUT2D eigenvalue weighted by Crippen LogP contribution is 2.36. The summed E-state index contributed by atoms with van der Waals surface area (Å²) in [4.78, 5) is 24.2. The van der Waals surface area contributed by atoms with Gasteiger partial charge < -0.3 is 14.9 Å². The number of halogens is 3. The summed E-state index contributed by atoms with van der Waals surface area (Å²) in [7, 11) is 0. The van der Waals surface area contributed by atoms with Crippen LogP contribution in [0.3, 0.4) is 0 Å². The van der Waals surface area contributed by atoms with Gasteiger partial charge in [-0.05, 0) is 65.2 Å². The van der Waals surface area contributed by atoms with Crippen LogP contribution in [0.1, 0.15) is 64.5 Å². The highest BCUT2D eigenvalue weighted by atomic mass is 19.4. The van der Waals surface area contributed by atoms with Crippen LogP contribution in [-0.4, -0.2) is 34.4 Å². The molecule has 0 aromatic heterocycles. The fraction of sp³-hybridized carbons (Fsp3) is 0.619. The molecule has 0 saturated heterocycles. The summed E-state index contributed by atoms with van der Waals surface area (Å²) in [6, 6.07) is 4.24. The van der Waals surface area contributed by atoms with Crippen molar-refractivity contribution in [1.82, 2.24) is 0 Å². The Bertz CT molecular complexity index is 703. The van der Waals surface area contributed by atoms with Crippen molar-refractivity contribution >= 4 is 11.9 Å². The van der Waals surface area contributed by atoms with E-state index in [-0.39, 0.29) is 12.8 Å². The number of ether oxygens (including phenoxy) is 1. The van der Waals surface area contributed by atoms with Crippen LogP contribution in [0.2, 0.25) is 0 Å². The number of aliphatic hydroxyl groups is 1. The molecule has 0 heterocycles. The third-order valence-electron chi connectivity index (χ3n) is 4.72. The first-order chi connectivity index (χ1) is 13.1. The third kappa shape index (κ3) is 7.34. The number of hydrogen-bond acceptors (Lipinski definition) is 4. The average Bonchev–Trinajstić information content (AvgIpc) is 2.56. The molecule has 0 unspecified atom stereocenters. The third-order valence-corrected chi connectivity index (χ3v) is 4.72. The molecule has 29 heavy (non-hydrogen) atoms. The number of aliphatic carboxylic acids is 1. The van der Waals surface area contributed by atoms with E-state index in [1.54, 1.807) is 20.8 Å². The normalized spacial score (nSPS) is 14.9. The largest absolute Gasteiger partial charge is 0.481 e. The van der Waals surface area contributed by atoms with Crippen molar-refractivity contribution in [3.63, 3.8) is 0 Å². The molecule has 0 aliphatic rings. The lowest BCUT2D eigenvalue weighted by Crippen LogP contribution is -2.34. The molecule has 0 fully saturated rings. The zero-order valence-electron chi connectivity index (χ0n) is 17.3. The molecule has 2 N–H and O–H groups in total. The Morgan fingerprint density at radius 2 is 1.55 bits per heavy atom. The number of hydrogen-bond donors (Lipinski definition) is 2. The number of carboxylic acid groups (broad SMARTS) is 1. The predicted molar refractivity (Wildman–Crippen MR) is 101 cm³/mol. The van der Waals surface area contributed by atoms with Gasteiger partial charge >= 0.3 is 18.1 Å². The molecule has 0 amide bonds. The lowest BCUT2D eigenvalue weighted by Gasteiger charge is -2.30. The zero-order chi connectivity index (χ0) is 22.6. The first kappa shape index (κ1) is 24.9. The number of carbonyl (C=O) groups excluding carboxylic acids is 1. The molecule has 0 bridgehead atoms. The van der Waals surface area contributed by atoms with Crippen molar-refractivity contribution in [3.8, 4) is 0 Å². The van der Waals surface area contributed by atoms with Gasteiger partial charge in [-0.2, -0.15) is 13.2 Å². The van der Waals surface area contributed by atoms with Gasteiger partial charge in [0.1, 0.15) is 5.60 Å². The Kier molecular flexibility index (Phi) is 7.87. The van der Waals surface area contributed by atoms with Gasteiger partial charge in [-0.3, -0.25) is 9.59 Å². The monoisotopic (exact) mass is 418 g/mol. The van der Waals surface area contributed by atoms with Crippen molar-refractivity contribution in [1.29, 1.82) is 0 Å². The van der Waals surface area contributed by atoms with Gasteiger partial charge in [-0.1, -0.05) is 12.1 Å². The lowest BCUT2D eigenvalue weighted by molar-refractivity contribution is -0.162. The van der Waals surface area contributed by atoms with E-state index in [9.17, 15) is 33.0 Å². The van der Waals surface area contributed by atoms with E-state index in [0.29, 0.717) is 5.56 Å². The number of rotatable bonds is 8. The maximum absolute atomic E-state index is 12.8. The van der Waals surface area contributed by atoms with E-state index in [4.69, 9.17) is 4.74 Å². The second kappa shape index (κ2) is 9.15. The molecule has 0 saturated carbocycles. The van der Waals surface area contributed by atoms with Crippen molar-refractivity contribution in [2.24, 2.45) is 11.3 Å². The van der Waals surface area contributed by atoms with Gasteiger partial charge in [0, 0.05) is 5.92 Å². The molecule has 1 aromatic rings. The number of alkyl halides is 3. The molecule has 1 aromatic carbocycles. The summed E-state index contributed by atoms with van der Waals surface area (Å²) < 4.78 is 43.9. The maximum atomic E-state index is 12.8. The van der Waals surface area contributed by atoms with E-state index < -0.39 is 53.1 Å². The standard InChI is InChI=1S/C21H29F3O5/c1-19(2,3)29-17(26)15(10-11-20(4,5)18(27)28)16(12-25)13-6-8-14(9-7-13)21(22,23)24/h6-9,15-16,25H,10-12H2,1-5H3,(H,27,28)/t15-,16+/m0/s1. The second-order valence-electron chi connectivity index (χ2n) is 8.78. The minimum absolute atomic E-state index is 0.0977. The lowest BCUT2D eigenvalue weighted by atomic mass is 9.78. The molecular formula is C21H29F3O5. The maximum Gasteiger partial charge on any atom is 0.416 e. The number of benzene rings is 1. The summed E-state index contributed by atoms with van der Waals surface area (Å²) in [6.45, 7) is 7.57. The highest BCUT2D eigenvalue weighted by molar-refractivity contribution is 5.75. The van der Waals surface area contributed by atoms with Crippen molar-refractivity contribution in [3.05, 3.63) is 35.4 Å². The molecule has 2 atom stereocenters. The Morgan fingerprint density at radius 3 is 1.93 bits per heavy atom. The van der Waals surface area contributed by atoms with Crippen molar-refractivity contribution in [2.75, 3.05) is 6.61 Å². The molecule has 8 heteroatoms. The van der Waals surface area contributed by atoms with Crippen LogP contribution in [0.15, 0.2) is 24.3 Å². The van der Waals surface area contributed by atoms with E-state index >= 15 is 0 Å². The molecule has 0 aliphatic heterocycles. The van der Waals surface area contributed by atoms with Gasteiger partial charge in [0.25, 0.3) is 0 Å². The van der Waals surface area contributed by atoms with Crippen LogP contribution in [0.25, 0.3) is 0 Å². The molecule has 0 spiro atoms. The summed E-state index contributed by atoms with van der Waals surface area (Å²) >= 11 is 0. The number of carboxylic acids is 1. The molecule has 1 rings (SSSR count). The number of esters is 1. The Morgan fingerprint density at radius 1 is 1.03 bits per heavy atom. The van der Waals surface area contributed by atoms with Crippen molar-refractivity contribution < 1.29 is 37.7 Å². The smallest absolute Gasteiger partial charge is 0.416 e.